The number of nitrogens with zero attached hydrogens (tertiary/aromatic N) is 1. The molecular formula is C19H25ClN4O3. The summed E-state index contributed by atoms with van der Waals surface area (Å²) in [6, 6.07) is 6.95. The Hall–Kier alpha value is -2.12. The first-order valence-electron chi connectivity index (χ1n) is 9.37. The number of nitrogens with one attached hydrogen (secondary N) is 3. The SMILES string of the molecule is CC(NCCC(=O)NN1C(=O)NC2(CCCCC2)C1=O)c1ccccc1Cl. The van der Waals surface area contributed by atoms with E-state index in [0.717, 1.165) is 29.8 Å². The van der Waals surface area contributed by atoms with E-state index in [2.05, 4.69) is 16.1 Å². The van der Waals surface area contributed by atoms with Crippen molar-refractivity contribution in [3.05, 3.63) is 34.9 Å². The van der Waals surface area contributed by atoms with Crippen LogP contribution in [0.4, 0.5) is 4.79 Å². The third-order valence-corrected chi connectivity index (χ3v) is 5.62. The Morgan fingerprint density at radius 1 is 1.26 bits per heavy atom. The van der Waals surface area contributed by atoms with Gasteiger partial charge in [-0.1, -0.05) is 49.1 Å². The molecule has 3 rings (SSSR count). The molecule has 8 heteroatoms. The number of halogens is 1. The smallest absolute Gasteiger partial charge is 0.322 e. The maximum atomic E-state index is 12.6. The summed E-state index contributed by atoms with van der Waals surface area (Å²) in [4.78, 5) is 37.0. The van der Waals surface area contributed by atoms with E-state index in [4.69, 9.17) is 11.6 Å². The first-order valence-corrected chi connectivity index (χ1v) is 9.75. The molecule has 27 heavy (non-hydrogen) atoms. The zero-order chi connectivity index (χ0) is 19.4. The summed E-state index contributed by atoms with van der Waals surface area (Å²) >= 11 is 6.17. The van der Waals surface area contributed by atoms with E-state index in [-0.39, 0.29) is 24.3 Å². The van der Waals surface area contributed by atoms with Crippen molar-refractivity contribution in [1.82, 2.24) is 21.1 Å². The fourth-order valence-corrected chi connectivity index (χ4v) is 4.03. The highest BCUT2D eigenvalue weighted by molar-refractivity contribution is 6.31. The molecule has 0 bridgehead atoms. The molecule has 1 saturated carbocycles. The number of hydrogen-bond acceptors (Lipinski definition) is 4. The largest absolute Gasteiger partial charge is 0.344 e. The molecule has 1 aromatic rings. The molecule has 0 aromatic heterocycles. The predicted molar refractivity (Wildman–Crippen MR) is 102 cm³/mol. The van der Waals surface area contributed by atoms with Crippen molar-refractivity contribution in [3.63, 3.8) is 0 Å². The first-order chi connectivity index (χ1) is 12.9. The van der Waals surface area contributed by atoms with Gasteiger partial charge in [-0.05, 0) is 31.4 Å². The van der Waals surface area contributed by atoms with Crippen molar-refractivity contribution in [2.45, 2.75) is 57.0 Å². The normalized spacial score (nSPS) is 19.9. The molecule has 1 atom stereocenters. The van der Waals surface area contributed by atoms with E-state index in [1.807, 2.05) is 31.2 Å². The van der Waals surface area contributed by atoms with Gasteiger partial charge in [0, 0.05) is 24.0 Å². The molecule has 1 saturated heterocycles. The van der Waals surface area contributed by atoms with Gasteiger partial charge in [0.15, 0.2) is 0 Å². The van der Waals surface area contributed by atoms with Crippen molar-refractivity contribution in [3.8, 4) is 0 Å². The van der Waals surface area contributed by atoms with E-state index in [0.29, 0.717) is 24.4 Å². The number of carbonyl (C=O) groups is 3. The minimum absolute atomic E-state index is 0.0197. The fraction of sp³-hybridized carbons (Fsp3) is 0.526. The number of carbonyl (C=O) groups excluding carboxylic acids is 3. The Bertz CT molecular complexity index is 733. The Morgan fingerprint density at radius 2 is 1.96 bits per heavy atom. The van der Waals surface area contributed by atoms with Gasteiger partial charge in [-0.15, -0.1) is 0 Å². The lowest BCUT2D eigenvalue weighted by Gasteiger charge is -2.30. The number of amides is 4. The van der Waals surface area contributed by atoms with E-state index in [9.17, 15) is 14.4 Å². The van der Waals surface area contributed by atoms with Gasteiger partial charge in [-0.2, -0.15) is 5.01 Å². The molecule has 1 spiro atoms. The zero-order valence-corrected chi connectivity index (χ0v) is 16.1. The topological polar surface area (TPSA) is 90.5 Å². The van der Waals surface area contributed by atoms with Crippen LogP contribution in [-0.2, 0) is 9.59 Å². The highest BCUT2D eigenvalue weighted by Crippen LogP contribution is 2.33. The summed E-state index contributed by atoms with van der Waals surface area (Å²) in [6.45, 7) is 2.36. The maximum Gasteiger partial charge on any atom is 0.344 e. The van der Waals surface area contributed by atoms with Gasteiger partial charge >= 0.3 is 6.03 Å². The van der Waals surface area contributed by atoms with Gasteiger partial charge in [-0.25, -0.2) is 4.79 Å². The molecule has 1 unspecified atom stereocenters. The van der Waals surface area contributed by atoms with Crippen molar-refractivity contribution in [2.75, 3.05) is 6.54 Å². The third-order valence-electron chi connectivity index (χ3n) is 5.28. The van der Waals surface area contributed by atoms with Gasteiger partial charge in [0.25, 0.3) is 5.91 Å². The quantitative estimate of drug-likeness (QED) is 0.649. The minimum Gasteiger partial charge on any atom is -0.322 e. The molecule has 0 radical (unpaired) electrons. The average Bonchev–Trinajstić information content (AvgIpc) is 2.86. The first kappa shape index (κ1) is 19.6. The predicted octanol–water partition coefficient (Wildman–Crippen LogP) is 2.67. The summed E-state index contributed by atoms with van der Waals surface area (Å²) in [7, 11) is 0. The van der Waals surface area contributed by atoms with Crippen LogP contribution in [-0.4, -0.2) is 34.9 Å². The highest BCUT2D eigenvalue weighted by atomic mass is 35.5. The second kappa shape index (κ2) is 8.27. The van der Waals surface area contributed by atoms with Crippen molar-refractivity contribution in [2.24, 2.45) is 0 Å². The van der Waals surface area contributed by atoms with Crippen LogP contribution in [0.25, 0.3) is 0 Å². The fourth-order valence-electron chi connectivity index (χ4n) is 3.74. The average molecular weight is 393 g/mol. The summed E-state index contributed by atoms with van der Waals surface area (Å²) in [6.07, 6.45) is 4.25. The van der Waals surface area contributed by atoms with Crippen LogP contribution in [0.15, 0.2) is 24.3 Å². The van der Waals surface area contributed by atoms with Crippen LogP contribution in [0.1, 0.15) is 57.1 Å². The number of imide groups is 1. The van der Waals surface area contributed by atoms with Crippen LogP contribution in [0, 0.1) is 0 Å². The number of hydrazine groups is 1. The molecule has 1 aliphatic carbocycles. The standard InChI is InChI=1S/C19H25ClN4O3/c1-13(14-7-3-4-8-15(14)20)21-12-9-16(25)23-24-17(26)19(22-18(24)27)10-5-2-6-11-19/h3-4,7-8,13,21H,2,5-6,9-12H2,1H3,(H,22,27)(H,23,25). The van der Waals surface area contributed by atoms with Gasteiger partial charge in [0.05, 0.1) is 0 Å². The van der Waals surface area contributed by atoms with Gasteiger partial charge in [0.2, 0.25) is 5.91 Å². The Balaban J connectivity index is 1.49. The minimum atomic E-state index is -0.834. The lowest BCUT2D eigenvalue weighted by Crippen LogP contribution is -2.51. The lowest BCUT2D eigenvalue weighted by molar-refractivity contribution is -0.139. The van der Waals surface area contributed by atoms with Crippen LogP contribution in [0.2, 0.25) is 5.02 Å². The van der Waals surface area contributed by atoms with E-state index >= 15 is 0 Å². The molecular weight excluding hydrogens is 368 g/mol. The molecule has 1 aromatic carbocycles. The van der Waals surface area contributed by atoms with Crippen LogP contribution >= 0.6 is 11.6 Å². The van der Waals surface area contributed by atoms with Crippen LogP contribution in [0.3, 0.4) is 0 Å². The summed E-state index contributed by atoms with van der Waals surface area (Å²) in [5, 5.41) is 7.50. The summed E-state index contributed by atoms with van der Waals surface area (Å²) in [5.74, 6) is -0.733. The van der Waals surface area contributed by atoms with Crippen LogP contribution < -0.4 is 16.1 Å². The Labute approximate surface area is 163 Å². The zero-order valence-electron chi connectivity index (χ0n) is 15.4. The molecule has 1 aliphatic heterocycles. The molecule has 3 N–H and O–H groups in total. The van der Waals surface area contributed by atoms with E-state index in [1.54, 1.807) is 0 Å². The van der Waals surface area contributed by atoms with Gasteiger partial charge < -0.3 is 10.6 Å². The molecule has 1 heterocycles. The van der Waals surface area contributed by atoms with Crippen LogP contribution in [0.5, 0.6) is 0 Å². The Morgan fingerprint density at radius 3 is 2.67 bits per heavy atom. The van der Waals surface area contributed by atoms with Crippen molar-refractivity contribution >= 4 is 29.4 Å². The summed E-state index contributed by atoms with van der Waals surface area (Å²) in [5.41, 5.74) is 2.56. The second-order valence-corrected chi connectivity index (χ2v) is 7.60. The molecule has 146 valence electrons. The van der Waals surface area contributed by atoms with E-state index in [1.165, 1.54) is 0 Å². The number of benzene rings is 1. The number of urea groups is 1. The van der Waals surface area contributed by atoms with Crippen molar-refractivity contribution in [1.29, 1.82) is 0 Å². The molecule has 2 fully saturated rings. The van der Waals surface area contributed by atoms with E-state index < -0.39 is 11.6 Å². The molecule has 7 nitrogen and oxygen atoms in total. The van der Waals surface area contributed by atoms with Gasteiger partial charge in [0.1, 0.15) is 5.54 Å². The highest BCUT2D eigenvalue weighted by Gasteiger charge is 2.52. The summed E-state index contributed by atoms with van der Waals surface area (Å²) < 4.78 is 0. The van der Waals surface area contributed by atoms with Gasteiger partial charge in [-0.3, -0.25) is 15.0 Å². The Kier molecular flexibility index (Phi) is 6.01. The monoisotopic (exact) mass is 392 g/mol. The second-order valence-electron chi connectivity index (χ2n) is 7.20. The molecule has 2 aliphatic rings. The van der Waals surface area contributed by atoms with Crippen molar-refractivity contribution < 1.29 is 14.4 Å². The lowest BCUT2D eigenvalue weighted by atomic mass is 9.82. The third kappa shape index (κ3) is 4.25. The number of hydrogen-bond donors (Lipinski definition) is 3. The number of rotatable bonds is 6. The maximum absolute atomic E-state index is 12.6. The molecule has 4 amide bonds.